The van der Waals surface area contributed by atoms with Crippen molar-refractivity contribution in [2.24, 2.45) is 0 Å². The van der Waals surface area contributed by atoms with Gasteiger partial charge in [-0.05, 0) is 19.1 Å². The summed E-state index contributed by atoms with van der Waals surface area (Å²) in [7, 11) is 1.62. The number of ether oxygens (including phenoxy) is 2. The Morgan fingerprint density at radius 1 is 1.13 bits per heavy atom. The molecule has 1 aromatic heterocycles. The molecule has 5 nitrogen and oxygen atoms in total. The van der Waals surface area contributed by atoms with Crippen molar-refractivity contribution < 1.29 is 22.6 Å². The molecule has 1 aliphatic heterocycles. The van der Waals surface area contributed by atoms with Gasteiger partial charge in [0, 0.05) is 42.0 Å². The Labute approximate surface area is 178 Å². The zero-order valence-electron chi connectivity index (χ0n) is 17.4. The van der Waals surface area contributed by atoms with E-state index >= 15 is 0 Å². The quantitative estimate of drug-likeness (QED) is 0.572. The summed E-state index contributed by atoms with van der Waals surface area (Å²) in [6.45, 7) is 4.50. The molecule has 2 heterocycles. The number of aromatic nitrogens is 1. The molecule has 8 heteroatoms. The summed E-state index contributed by atoms with van der Waals surface area (Å²) in [6.07, 6.45) is -1.21. The van der Waals surface area contributed by atoms with Crippen molar-refractivity contribution in [1.29, 1.82) is 0 Å². The Morgan fingerprint density at radius 3 is 2.58 bits per heavy atom. The van der Waals surface area contributed by atoms with Gasteiger partial charge in [-0.1, -0.05) is 18.2 Å². The highest BCUT2D eigenvalue weighted by molar-refractivity contribution is 5.95. The maximum Gasteiger partial charge on any atom is 0.266 e. The van der Waals surface area contributed by atoms with Crippen LogP contribution in [0.5, 0.6) is 5.75 Å². The molecule has 3 aromatic rings. The van der Waals surface area contributed by atoms with E-state index < -0.39 is 23.8 Å². The van der Waals surface area contributed by atoms with Crippen LogP contribution in [0.15, 0.2) is 42.6 Å². The van der Waals surface area contributed by atoms with Crippen molar-refractivity contribution in [2.45, 2.75) is 19.4 Å². The molecule has 0 unspecified atom stereocenters. The van der Waals surface area contributed by atoms with Gasteiger partial charge in [0.15, 0.2) is 0 Å². The third kappa shape index (κ3) is 4.25. The number of benzene rings is 2. The molecule has 2 aromatic carbocycles. The zero-order chi connectivity index (χ0) is 22.0. The number of hydrogen-bond acceptors (Lipinski definition) is 5. The van der Waals surface area contributed by atoms with Crippen molar-refractivity contribution in [1.82, 2.24) is 4.98 Å². The minimum Gasteiger partial charge on any atom is -0.495 e. The summed E-state index contributed by atoms with van der Waals surface area (Å²) in [4.78, 5) is 6.62. The van der Waals surface area contributed by atoms with Crippen LogP contribution in [0.25, 0.3) is 10.9 Å². The first-order valence-corrected chi connectivity index (χ1v) is 10.1. The average Bonchev–Trinajstić information content (AvgIpc) is 2.78. The molecule has 31 heavy (non-hydrogen) atoms. The Morgan fingerprint density at radius 2 is 1.87 bits per heavy atom. The normalized spacial score (nSPS) is 15.4. The number of rotatable bonds is 6. The summed E-state index contributed by atoms with van der Waals surface area (Å²) >= 11 is 0. The minimum atomic E-state index is -2.86. The van der Waals surface area contributed by atoms with Crippen molar-refractivity contribution in [3.63, 3.8) is 0 Å². The van der Waals surface area contributed by atoms with Crippen molar-refractivity contribution in [3.8, 4) is 5.75 Å². The second-order valence-electron chi connectivity index (χ2n) is 7.42. The van der Waals surface area contributed by atoms with Crippen molar-refractivity contribution in [3.05, 3.63) is 59.5 Å². The molecule has 0 bridgehead atoms. The number of morpholine rings is 1. The molecule has 4 rings (SSSR count). The molecule has 164 valence electrons. The maximum atomic E-state index is 14.6. The van der Waals surface area contributed by atoms with Crippen LogP contribution in [-0.2, 0) is 4.74 Å². The summed E-state index contributed by atoms with van der Waals surface area (Å²) in [5.41, 5.74) is 1.96. The summed E-state index contributed by atoms with van der Waals surface area (Å²) in [5.74, 6) is -0.172. The number of halogens is 3. The van der Waals surface area contributed by atoms with E-state index in [-0.39, 0.29) is 5.56 Å². The molecule has 0 saturated carbocycles. The van der Waals surface area contributed by atoms with Crippen LogP contribution in [0.2, 0.25) is 0 Å². The van der Waals surface area contributed by atoms with Crippen LogP contribution in [0, 0.1) is 5.82 Å². The average molecular weight is 431 g/mol. The van der Waals surface area contributed by atoms with Crippen LogP contribution in [0.1, 0.15) is 30.5 Å². The zero-order valence-corrected chi connectivity index (χ0v) is 17.4. The first-order chi connectivity index (χ1) is 15.0. The van der Waals surface area contributed by atoms with Crippen LogP contribution in [0.3, 0.4) is 0 Å². The number of alkyl halides is 2. The molecule has 0 amide bonds. The number of nitrogens with zero attached hydrogens (tertiary/aromatic N) is 2. The van der Waals surface area contributed by atoms with Gasteiger partial charge in [0.25, 0.3) is 6.43 Å². The summed E-state index contributed by atoms with van der Waals surface area (Å²) in [5, 5.41) is 4.10. The highest BCUT2D eigenvalue weighted by atomic mass is 19.3. The lowest BCUT2D eigenvalue weighted by Crippen LogP contribution is -2.36. The van der Waals surface area contributed by atoms with Gasteiger partial charge in [-0.2, -0.15) is 0 Å². The number of hydrogen-bond donors (Lipinski definition) is 1. The monoisotopic (exact) mass is 431 g/mol. The van der Waals surface area contributed by atoms with E-state index in [1.807, 2.05) is 12.1 Å². The number of fused-ring (bicyclic) bond motifs is 1. The molecular formula is C23H24F3N3O2. The SMILES string of the molecule is COc1cc2nccc(N[C@H](C)c3cccc(C(F)F)c3F)c2cc1N1CCOCC1. The maximum absolute atomic E-state index is 14.6. The van der Waals surface area contributed by atoms with E-state index in [1.54, 1.807) is 26.3 Å². The molecule has 0 radical (unpaired) electrons. The Hall–Kier alpha value is -3.00. The smallest absolute Gasteiger partial charge is 0.266 e. The minimum absolute atomic E-state index is 0.185. The van der Waals surface area contributed by atoms with E-state index in [0.717, 1.165) is 35.9 Å². The first kappa shape index (κ1) is 21.2. The van der Waals surface area contributed by atoms with Gasteiger partial charge in [0.1, 0.15) is 11.6 Å². The van der Waals surface area contributed by atoms with Gasteiger partial charge in [-0.3, -0.25) is 4.98 Å². The Bertz CT molecular complexity index is 1070. The first-order valence-electron chi connectivity index (χ1n) is 10.1. The van der Waals surface area contributed by atoms with E-state index in [2.05, 4.69) is 15.2 Å². The molecule has 1 aliphatic rings. The fraction of sp³-hybridized carbons (Fsp3) is 0.348. The standard InChI is InChI=1S/C23H24F3N3O2/c1-14(15-4-3-5-16(22(15)24)23(25)26)28-18-6-7-27-19-13-21(30-2)20(12-17(18)19)29-8-10-31-11-9-29/h3-7,12-14,23H,8-11H2,1-2H3,(H,27,28)/t14-/m1/s1. The highest BCUT2D eigenvalue weighted by Gasteiger charge is 2.21. The third-order valence-electron chi connectivity index (χ3n) is 5.53. The molecule has 1 atom stereocenters. The Kier molecular flexibility index (Phi) is 6.18. The molecule has 0 aliphatic carbocycles. The van der Waals surface area contributed by atoms with Crippen LogP contribution < -0.4 is 15.0 Å². The van der Waals surface area contributed by atoms with E-state index in [9.17, 15) is 13.2 Å². The number of methoxy groups -OCH3 is 1. The van der Waals surface area contributed by atoms with Gasteiger partial charge in [-0.25, -0.2) is 13.2 Å². The summed E-state index contributed by atoms with van der Waals surface area (Å²) < 4.78 is 51.9. The van der Waals surface area contributed by atoms with Crippen LogP contribution in [0.4, 0.5) is 24.5 Å². The van der Waals surface area contributed by atoms with Crippen molar-refractivity contribution in [2.75, 3.05) is 43.6 Å². The topological polar surface area (TPSA) is 46.6 Å². The van der Waals surface area contributed by atoms with Crippen molar-refractivity contribution >= 4 is 22.3 Å². The van der Waals surface area contributed by atoms with Gasteiger partial charge < -0.3 is 19.7 Å². The largest absolute Gasteiger partial charge is 0.495 e. The third-order valence-corrected chi connectivity index (χ3v) is 5.53. The van der Waals surface area contributed by atoms with E-state index in [0.29, 0.717) is 24.5 Å². The fourth-order valence-electron chi connectivity index (χ4n) is 3.89. The predicted octanol–water partition coefficient (Wildman–Crippen LogP) is 5.33. The second-order valence-corrected chi connectivity index (χ2v) is 7.42. The predicted molar refractivity (Wildman–Crippen MR) is 115 cm³/mol. The van der Waals surface area contributed by atoms with Gasteiger partial charge in [0.05, 0.1) is 43.1 Å². The van der Waals surface area contributed by atoms with Crippen LogP contribution in [-0.4, -0.2) is 38.4 Å². The van der Waals surface area contributed by atoms with Gasteiger partial charge in [-0.15, -0.1) is 0 Å². The van der Waals surface area contributed by atoms with E-state index in [4.69, 9.17) is 9.47 Å². The fourth-order valence-corrected chi connectivity index (χ4v) is 3.89. The molecule has 1 N–H and O–H groups in total. The lowest BCUT2D eigenvalue weighted by molar-refractivity contribution is 0.122. The number of anilines is 2. The number of nitrogens with one attached hydrogen (secondary N) is 1. The molecular weight excluding hydrogens is 407 g/mol. The molecule has 1 saturated heterocycles. The lowest BCUT2D eigenvalue weighted by Gasteiger charge is -2.30. The van der Waals surface area contributed by atoms with E-state index in [1.165, 1.54) is 12.1 Å². The Balaban J connectivity index is 1.72. The highest BCUT2D eigenvalue weighted by Crippen LogP contribution is 2.37. The molecule has 0 spiro atoms. The second kappa shape index (κ2) is 9.01. The van der Waals surface area contributed by atoms with Crippen LogP contribution >= 0.6 is 0 Å². The molecule has 1 fully saturated rings. The van der Waals surface area contributed by atoms with Gasteiger partial charge >= 0.3 is 0 Å². The van der Waals surface area contributed by atoms with Gasteiger partial charge in [0.2, 0.25) is 0 Å². The summed E-state index contributed by atoms with van der Waals surface area (Å²) in [6, 6.07) is 9.20. The number of pyridine rings is 1. The lowest BCUT2D eigenvalue weighted by atomic mass is 10.0.